The van der Waals surface area contributed by atoms with Crippen LogP contribution in [-0.2, 0) is 5.60 Å². The summed E-state index contributed by atoms with van der Waals surface area (Å²) in [4.78, 5) is 14.3. The van der Waals surface area contributed by atoms with Crippen LogP contribution in [0.5, 0.6) is 0 Å². The molecule has 0 saturated carbocycles. The first kappa shape index (κ1) is 33.7. The van der Waals surface area contributed by atoms with E-state index in [1.165, 1.54) is 0 Å². The number of hydrogen-bond acceptors (Lipinski definition) is 4. The van der Waals surface area contributed by atoms with Crippen molar-refractivity contribution in [1.29, 1.82) is 0 Å². The van der Waals surface area contributed by atoms with Crippen molar-refractivity contribution in [2.24, 2.45) is 0 Å². The van der Waals surface area contributed by atoms with Crippen LogP contribution in [0.25, 0.3) is 20.2 Å². The van der Waals surface area contributed by atoms with Crippen molar-refractivity contribution in [2.45, 2.75) is 15.4 Å². The predicted molar refractivity (Wildman–Crippen MR) is 182 cm³/mol. The maximum Gasteiger partial charge on any atom is 2.00 e. The van der Waals surface area contributed by atoms with Crippen LogP contribution in [0.3, 0.4) is 0 Å². The Bertz CT molecular complexity index is 1880. The third-order valence-corrected chi connectivity index (χ3v) is 9.36. The van der Waals surface area contributed by atoms with Gasteiger partial charge in [-0.3, -0.25) is 4.79 Å². The van der Waals surface area contributed by atoms with E-state index in [4.69, 9.17) is 0 Å². The van der Waals surface area contributed by atoms with Crippen molar-refractivity contribution in [3.8, 4) is 0 Å². The first-order valence-corrected chi connectivity index (χ1v) is 15.3. The van der Waals surface area contributed by atoms with Gasteiger partial charge >= 0.3 is 23.1 Å². The van der Waals surface area contributed by atoms with Gasteiger partial charge in [-0.05, 0) is 42.0 Å². The van der Waals surface area contributed by atoms with Gasteiger partial charge in [0.2, 0.25) is 0 Å². The van der Waals surface area contributed by atoms with Gasteiger partial charge in [0.05, 0.1) is 0 Å². The summed E-state index contributed by atoms with van der Waals surface area (Å²) >= 11 is 3.38. The smallest absolute Gasteiger partial charge is 1.00 e. The molecule has 1 aliphatic heterocycles. The standard InChI is InChI=1S/C19H14OS.C13H8OS.C6H5.BrH.Mg/c20-19(14-8-2-1-3-9-14)15-10-4-6-12-17(15)21-18-13-7-5-11-16(18)19;14-13-9-5-1-3-7-11(9)15-12-8-4-2-6-10(12)13;1-2-4-6-5-3-1;;/h1-13,20H;1-8H;1-5H;1H;/q;;-1;;+2/p-1. The van der Waals surface area contributed by atoms with Crippen LogP contribution in [0.4, 0.5) is 0 Å². The van der Waals surface area contributed by atoms with Crippen LogP contribution in [0.1, 0.15) is 16.7 Å². The Balaban J connectivity index is 0.000000168. The van der Waals surface area contributed by atoms with Crippen molar-refractivity contribution in [3.63, 3.8) is 0 Å². The fraction of sp³-hybridized carbons (Fsp3) is 0.0263. The molecular formula is C38H27BrMgO2S2. The normalized spacial score (nSPS) is 12.0. The molecule has 0 saturated heterocycles. The summed E-state index contributed by atoms with van der Waals surface area (Å²) in [5.74, 6) is 0. The first-order chi connectivity index (χ1) is 20.7. The van der Waals surface area contributed by atoms with E-state index in [-0.39, 0.29) is 45.5 Å². The molecule has 0 fully saturated rings. The first-order valence-electron chi connectivity index (χ1n) is 13.6. The van der Waals surface area contributed by atoms with Crippen LogP contribution in [-0.4, -0.2) is 28.2 Å². The monoisotopic (exact) mass is 682 g/mol. The van der Waals surface area contributed by atoms with Crippen molar-refractivity contribution in [2.75, 3.05) is 0 Å². The summed E-state index contributed by atoms with van der Waals surface area (Å²) in [5, 5.41) is 13.3. The third kappa shape index (κ3) is 7.02. The topological polar surface area (TPSA) is 37.3 Å². The number of halogens is 1. The summed E-state index contributed by atoms with van der Waals surface area (Å²) in [6, 6.07) is 54.1. The fourth-order valence-electron chi connectivity index (χ4n) is 5.05. The molecule has 6 aromatic carbocycles. The van der Waals surface area contributed by atoms with E-state index in [1.807, 2.05) is 146 Å². The molecule has 7 aromatic rings. The van der Waals surface area contributed by atoms with E-state index in [0.29, 0.717) is 0 Å². The molecule has 0 atom stereocenters. The quantitative estimate of drug-likeness (QED) is 0.132. The zero-order chi connectivity index (χ0) is 28.8. The third-order valence-electron chi connectivity index (χ3n) is 7.06. The van der Waals surface area contributed by atoms with Crippen LogP contribution in [0.15, 0.2) is 172 Å². The van der Waals surface area contributed by atoms with E-state index in [1.54, 1.807) is 23.1 Å². The van der Waals surface area contributed by atoms with Crippen molar-refractivity contribution < 1.29 is 22.1 Å². The Morgan fingerprint density at radius 3 is 1.45 bits per heavy atom. The zero-order valence-electron chi connectivity index (χ0n) is 23.8. The maximum atomic E-state index is 12.1. The second-order valence-corrected chi connectivity index (χ2v) is 11.8. The summed E-state index contributed by atoms with van der Waals surface area (Å²) in [7, 11) is 0. The van der Waals surface area contributed by atoms with Gasteiger partial charge in [-0.2, -0.15) is 36.4 Å². The Hall–Kier alpha value is -3.23. The Morgan fingerprint density at radius 2 is 0.977 bits per heavy atom. The average molecular weight is 684 g/mol. The molecule has 44 heavy (non-hydrogen) atoms. The Kier molecular flexibility index (Phi) is 12.0. The van der Waals surface area contributed by atoms with Crippen LogP contribution < -0.4 is 22.4 Å². The molecule has 2 heterocycles. The molecule has 1 N–H and O–H groups in total. The molecule has 1 aliphatic rings. The molecule has 0 aliphatic carbocycles. The van der Waals surface area contributed by atoms with Gasteiger partial charge in [-0.1, -0.05) is 103 Å². The summed E-state index contributed by atoms with van der Waals surface area (Å²) in [5.41, 5.74) is 1.88. The molecule has 0 bridgehead atoms. The number of hydrogen-bond donors (Lipinski definition) is 1. The van der Waals surface area contributed by atoms with E-state index >= 15 is 0 Å². The largest absolute Gasteiger partial charge is 2.00 e. The average Bonchev–Trinajstić information content (AvgIpc) is 3.07. The van der Waals surface area contributed by atoms with E-state index in [0.717, 1.165) is 46.7 Å². The summed E-state index contributed by atoms with van der Waals surface area (Å²) in [6.07, 6.45) is 0. The Labute approximate surface area is 292 Å². The number of benzene rings is 6. The minimum Gasteiger partial charge on any atom is -1.00 e. The second-order valence-electron chi connectivity index (χ2n) is 9.67. The van der Waals surface area contributed by atoms with E-state index < -0.39 is 5.60 Å². The molecule has 6 heteroatoms. The molecule has 0 amide bonds. The number of aliphatic hydroxyl groups is 1. The SMILES string of the molecule is O=c1c2ccccc2sc2ccccc12.OC1(c2ccccc2)c2ccccc2Sc2ccccc21.[Br-].[Mg+2].[c-]1ccccc1. The summed E-state index contributed by atoms with van der Waals surface area (Å²) in [6.45, 7) is 0. The van der Waals surface area contributed by atoms with Crippen LogP contribution >= 0.6 is 23.1 Å². The Morgan fingerprint density at radius 1 is 0.545 bits per heavy atom. The van der Waals surface area contributed by atoms with E-state index in [9.17, 15) is 9.90 Å². The van der Waals surface area contributed by atoms with Gasteiger partial charge in [-0.25, -0.2) is 0 Å². The zero-order valence-corrected chi connectivity index (χ0v) is 28.4. The van der Waals surface area contributed by atoms with Crippen molar-refractivity contribution in [1.82, 2.24) is 0 Å². The molecule has 0 spiro atoms. The molecule has 212 valence electrons. The number of rotatable bonds is 1. The number of fused-ring (bicyclic) bond motifs is 4. The van der Waals surface area contributed by atoms with Crippen molar-refractivity contribution >= 4 is 66.3 Å². The second kappa shape index (κ2) is 15.7. The molecule has 8 rings (SSSR count). The minimum absolute atomic E-state index is 0. The molecule has 1 aromatic heterocycles. The van der Waals surface area contributed by atoms with Gasteiger partial charge in [0.1, 0.15) is 5.60 Å². The van der Waals surface area contributed by atoms with Gasteiger partial charge in [-0.15, -0.1) is 11.3 Å². The van der Waals surface area contributed by atoms with Gasteiger partial charge in [0, 0.05) is 41.1 Å². The predicted octanol–water partition coefficient (Wildman–Crippen LogP) is 5.96. The van der Waals surface area contributed by atoms with Gasteiger partial charge < -0.3 is 22.1 Å². The fourth-order valence-corrected chi connectivity index (χ4v) is 7.31. The minimum atomic E-state index is -1.08. The maximum absolute atomic E-state index is 12.1. The molecular weight excluding hydrogens is 657 g/mol. The molecule has 0 radical (unpaired) electrons. The summed E-state index contributed by atoms with van der Waals surface area (Å²) < 4.78 is 2.11. The van der Waals surface area contributed by atoms with Crippen molar-refractivity contribution in [3.05, 3.63) is 191 Å². The van der Waals surface area contributed by atoms with Gasteiger partial charge in [0.25, 0.3) is 0 Å². The van der Waals surface area contributed by atoms with Gasteiger partial charge in [0.15, 0.2) is 5.43 Å². The van der Waals surface area contributed by atoms with Crippen LogP contribution in [0, 0.1) is 6.07 Å². The van der Waals surface area contributed by atoms with E-state index in [2.05, 4.69) is 18.2 Å². The molecule has 2 nitrogen and oxygen atoms in total. The molecule has 0 unspecified atom stereocenters. The van der Waals surface area contributed by atoms with Crippen LogP contribution in [0.2, 0.25) is 0 Å².